The van der Waals surface area contributed by atoms with Crippen molar-refractivity contribution < 1.29 is 14.3 Å². The molecule has 1 unspecified atom stereocenters. The number of carbonyl (C=O) groups is 2. The van der Waals surface area contributed by atoms with Gasteiger partial charge in [0.1, 0.15) is 22.8 Å². The molecular formula is C32H26N2O3. The lowest BCUT2D eigenvalue weighted by molar-refractivity contribution is -0.135. The molecule has 1 amide bonds. The van der Waals surface area contributed by atoms with Crippen molar-refractivity contribution in [2.24, 2.45) is 5.41 Å². The van der Waals surface area contributed by atoms with E-state index in [9.17, 15) is 4.79 Å². The van der Waals surface area contributed by atoms with Gasteiger partial charge in [0.05, 0.1) is 5.56 Å². The highest BCUT2D eigenvalue weighted by Gasteiger charge is 2.78. The zero-order chi connectivity index (χ0) is 25.2. The molecule has 0 radical (unpaired) electrons. The molecule has 0 aromatic heterocycles. The summed E-state index contributed by atoms with van der Waals surface area (Å²) in [5.74, 6) is -0.00277. The number of para-hydroxylation sites is 2. The van der Waals surface area contributed by atoms with Gasteiger partial charge in [0, 0.05) is 23.7 Å². The molecule has 0 aliphatic carbocycles. The van der Waals surface area contributed by atoms with Gasteiger partial charge in [-0.15, -0.1) is 0 Å². The number of carbonyl (C=O) groups excluding carboxylic acids is 2. The number of Topliss-reactive ketones (excluding diaryl/α,β-unsaturated/α-hetero) is 1. The van der Waals surface area contributed by atoms with Gasteiger partial charge in [-0.05, 0) is 36.4 Å². The SMILES string of the molecule is CN1C[C@@H](c2ccccc2)[C@@]2(C(=O)c3ccccc3OC2c2ccccc2)[C@@]12C(=O)Nc1ccccc12. The molecule has 4 aromatic rings. The van der Waals surface area contributed by atoms with E-state index in [1.807, 2.05) is 104 Å². The molecule has 1 fully saturated rings. The standard InChI is InChI=1S/C32H26N2O3/c1-34-20-25(21-12-4-2-5-13-21)31(32(34)24-17-9-10-18-26(24)33-30(32)36)28(35)23-16-8-11-19-27(23)37-29(31)22-14-6-3-7-15-22/h2-19,25,29H,20H2,1H3,(H,33,36)/t25-,29?,31-,32+/m0/s1. The molecule has 3 aliphatic rings. The van der Waals surface area contributed by atoms with E-state index >= 15 is 4.79 Å². The van der Waals surface area contributed by atoms with Gasteiger partial charge in [0.25, 0.3) is 5.91 Å². The highest BCUT2D eigenvalue weighted by atomic mass is 16.5. The Balaban J connectivity index is 1.63. The fourth-order valence-electron chi connectivity index (χ4n) is 7.18. The Labute approximate surface area is 215 Å². The summed E-state index contributed by atoms with van der Waals surface area (Å²) in [5, 5.41) is 3.13. The summed E-state index contributed by atoms with van der Waals surface area (Å²) in [6.45, 7) is 0.520. The third kappa shape index (κ3) is 2.67. The largest absolute Gasteiger partial charge is 0.484 e. The summed E-state index contributed by atoms with van der Waals surface area (Å²) in [7, 11) is 1.96. The van der Waals surface area contributed by atoms with Crippen LogP contribution in [-0.4, -0.2) is 30.2 Å². The van der Waals surface area contributed by atoms with Gasteiger partial charge in [-0.3, -0.25) is 14.5 Å². The van der Waals surface area contributed by atoms with E-state index in [2.05, 4.69) is 22.3 Å². The molecule has 1 N–H and O–H groups in total. The fraction of sp³-hybridized carbons (Fsp3) is 0.188. The summed E-state index contributed by atoms with van der Waals surface area (Å²) in [6.07, 6.45) is -0.692. The quantitative estimate of drug-likeness (QED) is 0.403. The van der Waals surface area contributed by atoms with Crippen molar-refractivity contribution in [3.63, 3.8) is 0 Å². The first-order valence-electron chi connectivity index (χ1n) is 12.6. The van der Waals surface area contributed by atoms with E-state index in [4.69, 9.17) is 4.74 Å². The Kier molecular flexibility index (Phi) is 4.69. The van der Waals surface area contributed by atoms with Gasteiger partial charge in [-0.1, -0.05) is 91.0 Å². The van der Waals surface area contributed by atoms with Gasteiger partial charge in [0.15, 0.2) is 5.78 Å². The normalized spacial score (nSPS) is 28.1. The second-order valence-electron chi connectivity index (χ2n) is 10.2. The van der Waals surface area contributed by atoms with E-state index < -0.39 is 17.1 Å². The first-order chi connectivity index (χ1) is 18.1. The second kappa shape index (κ2) is 7.89. The Bertz CT molecular complexity index is 1540. The van der Waals surface area contributed by atoms with Crippen LogP contribution in [0.3, 0.4) is 0 Å². The number of ether oxygens (including phenoxy) is 1. The lowest BCUT2D eigenvalue weighted by atomic mass is 9.53. The maximum atomic E-state index is 15.2. The van der Waals surface area contributed by atoms with Crippen molar-refractivity contribution in [1.82, 2.24) is 4.90 Å². The maximum absolute atomic E-state index is 15.2. The third-order valence-electron chi connectivity index (χ3n) is 8.54. The highest BCUT2D eigenvalue weighted by molar-refractivity contribution is 6.15. The number of nitrogens with one attached hydrogen (secondary N) is 1. The zero-order valence-electron chi connectivity index (χ0n) is 20.4. The van der Waals surface area contributed by atoms with Gasteiger partial charge in [-0.25, -0.2) is 0 Å². The lowest BCUT2D eigenvalue weighted by Crippen LogP contribution is -2.63. The first-order valence-corrected chi connectivity index (χ1v) is 12.6. The topological polar surface area (TPSA) is 58.6 Å². The van der Waals surface area contributed by atoms with Crippen LogP contribution >= 0.6 is 0 Å². The monoisotopic (exact) mass is 486 g/mol. The van der Waals surface area contributed by atoms with E-state index in [0.717, 1.165) is 22.4 Å². The van der Waals surface area contributed by atoms with E-state index in [1.54, 1.807) is 0 Å². The van der Waals surface area contributed by atoms with Crippen molar-refractivity contribution in [2.45, 2.75) is 17.6 Å². The number of benzene rings is 4. The molecule has 0 bridgehead atoms. The number of hydrogen-bond acceptors (Lipinski definition) is 4. The molecule has 0 saturated carbocycles. The number of likely N-dealkylation sites (tertiary alicyclic amines) is 1. The molecule has 3 heterocycles. The van der Waals surface area contributed by atoms with Crippen LogP contribution in [0.2, 0.25) is 0 Å². The van der Waals surface area contributed by atoms with Crippen LogP contribution in [0.4, 0.5) is 5.69 Å². The van der Waals surface area contributed by atoms with Crippen molar-refractivity contribution in [2.75, 3.05) is 18.9 Å². The predicted molar refractivity (Wildman–Crippen MR) is 142 cm³/mol. The average molecular weight is 487 g/mol. The molecule has 2 spiro atoms. The summed E-state index contributed by atoms with van der Waals surface area (Å²) < 4.78 is 6.85. The average Bonchev–Trinajstić information content (AvgIpc) is 3.40. The number of fused-ring (bicyclic) bond motifs is 4. The van der Waals surface area contributed by atoms with Gasteiger partial charge in [0.2, 0.25) is 0 Å². The number of nitrogens with zero attached hydrogens (tertiary/aromatic N) is 1. The van der Waals surface area contributed by atoms with Crippen LogP contribution < -0.4 is 10.1 Å². The van der Waals surface area contributed by atoms with Crippen LogP contribution in [0.1, 0.15) is 39.1 Å². The molecule has 1 saturated heterocycles. The molecule has 37 heavy (non-hydrogen) atoms. The van der Waals surface area contributed by atoms with Gasteiger partial charge in [-0.2, -0.15) is 0 Å². The predicted octanol–water partition coefficient (Wildman–Crippen LogP) is 5.57. The summed E-state index contributed by atoms with van der Waals surface area (Å²) in [6, 6.07) is 35.2. The molecule has 182 valence electrons. The number of anilines is 1. The Hall–Kier alpha value is -4.22. The maximum Gasteiger partial charge on any atom is 0.250 e. The molecule has 5 nitrogen and oxygen atoms in total. The summed E-state index contributed by atoms with van der Waals surface area (Å²) in [4.78, 5) is 31.7. The minimum Gasteiger partial charge on any atom is -0.484 e. The first kappa shape index (κ1) is 22.0. The molecule has 7 rings (SSSR count). The van der Waals surface area contributed by atoms with Crippen LogP contribution in [0.15, 0.2) is 109 Å². The minimum absolute atomic E-state index is 0.0618. The molecular weight excluding hydrogens is 460 g/mol. The number of amides is 1. The third-order valence-corrected chi connectivity index (χ3v) is 8.54. The molecule has 5 heteroatoms. The smallest absolute Gasteiger partial charge is 0.250 e. The number of hydrogen-bond donors (Lipinski definition) is 1. The van der Waals surface area contributed by atoms with Crippen LogP contribution in [0.5, 0.6) is 5.75 Å². The fourth-order valence-corrected chi connectivity index (χ4v) is 7.18. The summed E-state index contributed by atoms with van der Waals surface area (Å²) >= 11 is 0. The summed E-state index contributed by atoms with van der Waals surface area (Å²) in [5.41, 5.74) is 1.43. The van der Waals surface area contributed by atoms with Crippen molar-refractivity contribution in [3.8, 4) is 5.75 Å². The van der Waals surface area contributed by atoms with Gasteiger partial charge >= 0.3 is 0 Å². The second-order valence-corrected chi connectivity index (χ2v) is 10.2. The van der Waals surface area contributed by atoms with E-state index in [0.29, 0.717) is 17.9 Å². The lowest BCUT2D eigenvalue weighted by Gasteiger charge is -2.52. The van der Waals surface area contributed by atoms with Crippen molar-refractivity contribution in [1.29, 1.82) is 0 Å². The number of likely N-dealkylation sites (N-methyl/N-ethyl adjacent to an activating group) is 1. The zero-order valence-corrected chi connectivity index (χ0v) is 20.4. The van der Waals surface area contributed by atoms with Crippen LogP contribution in [0.25, 0.3) is 0 Å². The Morgan fingerprint density at radius 3 is 2.16 bits per heavy atom. The minimum atomic E-state index is -1.27. The van der Waals surface area contributed by atoms with E-state index in [-0.39, 0.29) is 17.6 Å². The van der Waals surface area contributed by atoms with Crippen LogP contribution in [0, 0.1) is 5.41 Å². The Morgan fingerprint density at radius 2 is 1.41 bits per heavy atom. The van der Waals surface area contributed by atoms with E-state index in [1.165, 1.54) is 0 Å². The molecule has 4 atom stereocenters. The highest BCUT2D eigenvalue weighted by Crippen LogP contribution is 2.69. The Morgan fingerprint density at radius 1 is 0.784 bits per heavy atom. The number of rotatable bonds is 2. The van der Waals surface area contributed by atoms with Crippen LogP contribution in [-0.2, 0) is 10.3 Å². The van der Waals surface area contributed by atoms with Crippen molar-refractivity contribution >= 4 is 17.4 Å². The van der Waals surface area contributed by atoms with Crippen molar-refractivity contribution in [3.05, 3.63) is 131 Å². The number of ketones is 1. The molecule has 3 aliphatic heterocycles. The molecule has 4 aromatic carbocycles. The van der Waals surface area contributed by atoms with Gasteiger partial charge < -0.3 is 10.1 Å².